The topological polar surface area (TPSA) is 33.6 Å². The van der Waals surface area contributed by atoms with Crippen LogP contribution in [0.4, 0.5) is 0 Å². The van der Waals surface area contributed by atoms with Crippen molar-refractivity contribution in [1.82, 2.24) is 14.8 Å². The molecule has 0 amide bonds. The van der Waals surface area contributed by atoms with Crippen molar-refractivity contribution in [2.45, 2.75) is 13.5 Å². The number of nitrogens with zero attached hydrogens (tertiary/aromatic N) is 2. The second kappa shape index (κ2) is 4.45. The van der Waals surface area contributed by atoms with Crippen LogP contribution in [0.1, 0.15) is 5.56 Å². The van der Waals surface area contributed by atoms with Gasteiger partial charge in [-0.2, -0.15) is 5.10 Å². The summed E-state index contributed by atoms with van der Waals surface area (Å²) in [6.45, 7) is 6.45. The van der Waals surface area contributed by atoms with Gasteiger partial charge in [0.2, 0.25) is 0 Å². The van der Waals surface area contributed by atoms with Crippen molar-refractivity contribution in [3.05, 3.63) is 47.3 Å². The van der Waals surface area contributed by atoms with Gasteiger partial charge in [0.15, 0.2) is 10.6 Å². The van der Waals surface area contributed by atoms with Crippen LogP contribution in [0, 0.1) is 11.7 Å². The predicted molar refractivity (Wildman–Crippen MR) is 67.8 cm³/mol. The monoisotopic (exact) mass is 231 g/mol. The molecule has 0 radical (unpaired) electrons. The maximum absolute atomic E-state index is 5.18. The van der Waals surface area contributed by atoms with Crippen LogP contribution in [0.25, 0.3) is 11.4 Å². The fourth-order valence-electron chi connectivity index (χ4n) is 1.65. The molecule has 0 atom stereocenters. The van der Waals surface area contributed by atoms with Gasteiger partial charge in [-0.15, -0.1) is 6.58 Å². The van der Waals surface area contributed by atoms with Gasteiger partial charge in [0.25, 0.3) is 0 Å². The van der Waals surface area contributed by atoms with Crippen molar-refractivity contribution >= 4 is 12.2 Å². The maximum atomic E-state index is 5.18. The lowest BCUT2D eigenvalue weighted by atomic mass is 10.1. The SMILES string of the molecule is C=CCn1c(-c2ccccc2C)n[nH]c1=S. The summed E-state index contributed by atoms with van der Waals surface area (Å²) < 4.78 is 2.56. The van der Waals surface area contributed by atoms with Crippen LogP contribution in [0.5, 0.6) is 0 Å². The van der Waals surface area contributed by atoms with Crippen LogP contribution in [0.3, 0.4) is 0 Å². The number of benzene rings is 1. The summed E-state index contributed by atoms with van der Waals surface area (Å²) in [5, 5.41) is 7.08. The quantitative estimate of drug-likeness (QED) is 0.650. The number of hydrogen-bond donors (Lipinski definition) is 1. The Balaban J connectivity index is 2.60. The Kier molecular flexibility index (Phi) is 3.01. The van der Waals surface area contributed by atoms with Crippen molar-refractivity contribution in [3.63, 3.8) is 0 Å². The number of rotatable bonds is 3. The highest BCUT2D eigenvalue weighted by atomic mass is 32.1. The molecule has 0 unspecified atom stereocenters. The van der Waals surface area contributed by atoms with Gasteiger partial charge in [0, 0.05) is 12.1 Å². The predicted octanol–water partition coefficient (Wildman–Crippen LogP) is 3.10. The molecule has 3 nitrogen and oxygen atoms in total. The van der Waals surface area contributed by atoms with E-state index < -0.39 is 0 Å². The van der Waals surface area contributed by atoms with Gasteiger partial charge in [-0.3, -0.25) is 9.67 Å². The maximum Gasteiger partial charge on any atom is 0.195 e. The zero-order valence-electron chi connectivity index (χ0n) is 9.10. The standard InChI is InChI=1S/C12H13N3S/c1-3-8-15-11(13-14-12(15)16)10-7-5-4-6-9(10)2/h3-7H,1,8H2,2H3,(H,14,16). The van der Waals surface area contributed by atoms with Crippen molar-refractivity contribution in [3.8, 4) is 11.4 Å². The van der Waals surface area contributed by atoms with Gasteiger partial charge in [0.1, 0.15) is 0 Å². The Morgan fingerprint density at radius 3 is 2.94 bits per heavy atom. The Morgan fingerprint density at radius 1 is 1.50 bits per heavy atom. The molecule has 0 fully saturated rings. The van der Waals surface area contributed by atoms with Crippen LogP contribution >= 0.6 is 12.2 Å². The van der Waals surface area contributed by atoms with Crippen LogP contribution in [0.2, 0.25) is 0 Å². The van der Waals surface area contributed by atoms with Crippen molar-refractivity contribution in [2.75, 3.05) is 0 Å². The van der Waals surface area contributed by atoms with Crippen LogP contribution < -0.4 is 0 Å². The molecular weight excluding hydrogens is 218 g/mol. The molecule has 0 spiro atoms. The third kappa shape index (κ3) is 1.84. The summed E-state index contributed by atoms with van der Waals surface area (Å²) in [6, 6.07) is 8.11. The molecule has 1 N–H and O–H groups in total. The highest BCUT2D eigenvalue weighted by molar-refractivity contribution is 7.71. The van der Waals surface area contributed by atoms with E-state index in [2.05, 4.69) is 29.8 Å². The van der Waals surface area contributed by atoms with E-state index in [1.165, 1.54) is 5.56 Å². The van der Waals surface area contributed by atoms with Crippen molar-refractivity contribution in [2.24, 2.45) is 0 Å². The van der Waals surface area contributed by atoms with Gasteiger partial charge in [0.05, 0.1) is 0 Å². The van der Waals surface area contributed by atoms with Crippen LogP contribution in [-0.2, 0) is 6.54 Å². The van der Waals surface area contributed by atoms with Gasteiger partial charge in [-0.25, -0.2) is 0 Å². The fraction of sp³-hybridized carbons (Fsp3) is 0.167. The first-order valence-corrected chi connectivity index (χ1v) is 5.47. The first-order valence-electron chi connectivity index (χ1n) is 5.06. The molecule has 0 saturated carbocycles. The second-order valence-electron chi connectivity index (χ2n) is 3.57. The third-order valence-corrected chi connectivity index (χ3v) is 2.77. The zero-order valence-corrected chi connectivity index (χ0v) is 9.92. The average molecular weight is 231 g/mol. The lowest BCUT2D eigenvalue weighted by molar-refractivity contribution is 0.813. The zero-order chi connectivity index (χ0) is 11.5. The number of aromatic amines is 1. The second-order valence-corrected chi connectivity index (χ2v) is 3.95. The Bertz CT molecular complexity index is 566. The minimum Gasteiger partial charge on any atom is -0.296 e. The smallest absolute Gasteiger partial charge is 0.195 e. The number of aryl methyl sites for hydroxylation is 1. The van der Waals surface area contributed by atoms with Crippen LogP contribution in [-0.4, -0.2) is 14.8 Å². The van der Waals surface area contributed by atoms with Crippen molar-refractivity contribution < 1.29 is 0 Å². The highest BCUT2D eigenvalue weighted by Gasteiger charge is 2.09. The molecule has 0 bridgehead atoms. The summed E-state index contributed by atoms with van der Waals surface area (Å²) in [7, 11) is 0. The number of aromatic nitrogens is 3. The molecule has 1 heterocycles. The molecule has 4 heteroatoms. The number of nitrogens with one attached hydrogen (secondary N) is 1. The largest absolute Gasteiger partial charge is 0.296 e. The van der Waals surface area contributed by atoms with Gasteiger partial charge in [-0.05, 0) is 24.7 Å². The molecule has 2 rings (SSSR count). The van der Waals surface area contributed by atoms with E-state index in [-0.39, 0.29) is 0 Å². The molecule has 0 aliphatic rings. The van der Waals surface area contributed by atoms with E-state index in [0.717, 1.165) is 11.4 Å². The molecule has 82 valence electrons. The summed E-state index contributed by atoms with van der Waals surface area (Å²) in [6.07, 6.45) is 1.81. The number of allylic oxidation sites excluding steroid dienone is 1. The molecule has 0 saturated heterocycles. The Hall–Kier alpha value is -1.68. The lowest BCUT2D eigenvalue weighted by Gasteiger charge is -2.06. The summed E-state index contributed by atoms with van der Waals surface area (Å²) >= 11 is 5.18. The first kappa shape index (κ1) is 10.8. The molecule has 1 aromatic heterocycles. The summed E-state index contributed by atoms with van der Waals surface area (Å²) in [5.74, 6) is 0.864. The van der Waals surface area contributed by atoms with E-state index in [4.69, 9.17) is 12.2 Å². The summed E-state index contributed by atoms with van der Waals surface area (Å²) in [5.41, 5.74) is 2.28. The first-order chi connectivity index (χ1) is 7.74. The van der Waals surface area contributed by atoms with E-state index in [1.54, 1.807) is 0 Å². The van der Waals surface area contributed by atoms with E-state index in [0.29, 0.717) is 11.3 Å². The van der Waals surface area contributed by atoms with E-state index >= 15 is 0 Å². The van der Waals surface area contributed by atoms with Gasteiger partial charge >= 0.3 is 0 Å². The van der Waals surface area contributed by atoms with Crippen molar-refractivity contribution in [1.29, 1.82) is 0 Å². The minimum absolute atomic E-state index is 0.623. The molecular formula is C12H13N3S. The number of H-pyrrole nitrogens is 1. The van der Waals surface area contributed by atoms with E-state index in [9.17, 15) is 0 Å². The normalized spacial score (nSPS) is 10.3. The van der Waals surface area contributed by atoms with E-state index in [1.807, 2.05) is 28.8 Å². The minimum atomic E-state index is 0.623. The third-order valence-electron chi connectivity index (χ3n) is 2.46. The van der Waals surface area contributed by atoms with Crippen LogP contribution in [0.15, 0.2) is 36.9 Å². The molecule has 2 aromatic rings. The molecule has 1 aromatic carbocycles. The molecule has 0 aliphatic carbocycles. The lowest BCUT2D eigenvalue weighted by Crippen LogP contribution is -1.99. The van der Waals surface area contributed by atoms with Gasteiger partial charge < -0.3 is 0 Å². The molecule has 16 heavy (non-hydrogen) atoms. The van der Waals surface area contributed by atoms with Gasteiger partial charge in [-0.1, -0.05) is 30.3 Å². The highest BCUT2D eigenvalue weighted by Crippen LogP contribution is 2.20. The average Bonchev–Trinajstić information content (AvgIpc) is 2.62. The molecule has 0 aliphatic heterocycles. The number of hydrogen-bond acceptors (Lipinski definition) is 2. The Labute approximate surface area is 99.4 Å². The summed E-state index contributed by atoms with van der Waals surface area (Å²) in [4.78, 5) is 0. The Morgan fingerprint density at radius 2 is 2.25 bits per heavy atom. The fourth-order valence-corrected chi connectivity index (χ4v) is 1.85.